The third-order valence-electron chi connectivity index (χ3n) is 6.62. The SMILES string of the molecule is CCCCCCCCCCCCC(CCCC)C(N)(CCCC)CCCC.Cl. The molecular formula is C26H56ClN. The molecule has 0 saturated heterocycles. The average molecular weight is 418 g/mol. The maximum Gasteiger partial charge on any atom is 0.0182 e. The number of rotatable bonds is 21. The Labute approximate surface area is 185 Å². The van der Waals surface area contributed by atoms with Gasteiger partial charge in [0.05, 0.1) is 0 Å². The Morgan fingerprint density at radius 1 is 0.500 bits per heavy atom. The Morgan fingerprint density at radius 2 is 0.857 bits per heavy atom. The van der Waals surface area contributed by atoms with Gasteiger partial charge in [-0.2, -0.15) is 0 Å². The zero-order valence-corrected chi connectivity index (χ0v) is 21.0. The smallest absolute Gasteiger partial charge is 0.0182 e. The molecule has 28 heavy (non-hydrogen) atoms. The predicted molar refractivity (Wildman–Crippen MR) is 133 cm³/mol. The lowest BCUT2D eigenvalue weighted by Gasteiger charge is -2.39. The molecule has 0 saturated carbocycles. The van der Waals surface area contributed by atoms with Crippen LogP contribution in [-0.2, 0) is 0 Å². The van der Waals surface area contributed by atoms with Crippen LogP contribution in [0.4, 0.5) is 0 Å². The molecule has 0 radical (unpaired) electrons. The number of nitrogens with two attached hydrogens (primary N) is 1. The monoisotopic (exact) mass is 417 g/mol. The molecule has 1 nitrogen and oxygen atoms in total. The molecule has 1 unspecified atom stereocenters. The van der Waals surface area contributed by atoms with Crippen molar-refractivity contribution in [3.63, 3.8) is 0 Å². The van der Waals surface area contributed by atoms with E-state index in [4.69, 9.17) is 5.73 Å². The van der Waals surface area contributed by atoms with Crippen LogP contribution in [0.25, 0.3) is 0 Å². The molecule has 0 aliphatic rings. The molecule has 0 aromatic heterocycles. The molecule has 172 valence electrons. The summed E-state index contributed by atoms with van der Waals surface area (Å²) in [5.41, 5.74) is 7.19. The summed E-state index contributed by atoms with van der Waals surface area (Å²) in [6.07, 6.45) is 27.4. The summed E-state index contributed by atoms with van der Waals surface area (Å²) in [5.74, 6) is 0.754. The topological polar surface area (TPSA) is 26.0 Å². The van der Waals surface area contributed by atoms with E-state index >= 15 is 0 Å². The molecule has 0 aliphatic carbocycles. The van der Waals surface area contributed by atoms with Gasteiger partial charge in [0, 0.05) is 5.54 Å². The Bertz CT molecular complexity index is 284. The van der Waals surface area contributed by atoms with Gasteiger partial charge < -0.3 is 5.73 Å². The summed E-state index contributed by atoms with van der Waals surface area (Å²) in [6.45, 7) is 9.25. The van der Waals surface area contributed by atoms with E-state index in [9.17, 15) is 0 Å². The fourth-order valence-electron chi connectivity index (χ4n) is 4.59. The van der Waals surface area contributed by atoms with Crippen molar-refractivity contribution >= 4 is 12.4 Å². The first-order valence-corrected chi connectivity index (χ1v) is 12.9. The van der Waals surface area contributed by atoms with Crippen LogP contribution >= 0.6 is 12.4 Å². The summed E-state index contributed by atoms with van der Waals surface area (Å²) < 4.78 is 0. The van der Waals surface area contributed by atoms with Crippen LogP contribution in [0, 0.1) is 5.92 Å². The summed E-state index contributed by atoms with van der Waals surface area (Å²) in [7, 11) is 0. The molecule has 0 amide bonds. The summed E-state index contributed by atoms with van der Waals surface area (Å²) in [5, 5.41) is 0. The maximum atomic E-state index is 7.08. The molecule has 0 aromatic rings. The highest BCUT2D eigenvalue weighted by molar-refractivity contribution is 5.85. The fourth-order valence-corrected chi connectivity index (χ4v) is 4.59. The van der Waals surface area contributed by atoms with Gasteiger partial charge in [0.2, 0.25) is 0 Å². The Kier molecular flexibility index (Phi) is 23.9. The first kappa shape index (κ1) is 30.4. The molecule has 0 fully saturated rings. The van der Waals surface area contributed by atoms with Crippen molar-refractivity contribution in [3.05, 3.63) is 0 Å². The van der Waals surface area contributed by atoms with Gasteiger partial charge in [-0.15, -0.1) is 12.4 Å². The van der Waals surface area contributed by atoms with Crippen molar-refractivity contribution in [2.75, 3.05) is 0 Å². The third-order valence-corrected chi connectivity index (χ3v) is 6.62. The predicted octanol–water partition coefficient (Wildman–Crippen LogP) is 9.60. The first-order chi connectivity index (χ1) is 13.1. The molecule has 1 atom stereocenters. The maximum absolute atomic E-state index is 7.08. The van der Waals surface area contributed by atoms with Gasteiger partial charge in [-0.05, 0) is 31.6 Å². The van der Waals surface area contributed by atoms with E-state index in [0.29, 0.717) is 0 Å². The quantitative estimate of drug-likeness (QED) is 0.185. The van der Waals surface area contributed by atoms with E-state index in [0.717, 1.165) is 5.92 Å². The highest BCUT2D eigenvalue weighted by Gasteiger charge is 2.32. The van der Waals surface area contributed by atoms with Crippen molar-refractivity contribution in [1.29, 1.82) is 0 Å². The van der Waals surface area contributed by atoms with Gasteiger partial charge in [-0.25, -0.2) is 0 Å². The van der Waals surface area contributed by atoms with Crippen LogP contribution in [-0.4, -0.2) is 5.54 Å². The largest absolute Gasteiger partial charge is 0.325 e. The van der Waals surface area contributed by atoms with Crippen LogP contribution in [0.1, 0.15) is 156 Å². The van der Waals surface area contributed by atoms with Gasteiger partial charge in [0.15, 0.2) is 0 Å². The van der Waals surface area contributed by atoms with Crippen LogP contribution in [0.3, 0.4) is 0 Å². The number of halogens is 1. The molecular weight excluding hydrogens is 362 g/mol. The lowest BCUT2D eigenvalue weighted by molar-refractivity contribution is 0.193. The van der Waals surface area contributed by atoms with E-state index in [1.807, 2.05) is 0 Å². The van der Waals surface area contributed by atoms with Crippen molar-refractivity contribution < 1.29 is 0 Å². The minimum Gasteiger partial charge on any atom is -0.325 e. The van der Waals surface area contributed by atoms with E-state index in [1.54, 1.807) is 0 Å². The summed E-state index contributed by atoms with van der Waals surface area (Å²) >= 11 is 0. The molecule has 0 bridgehead atoms. The molecule has 0 spiro atoms. The van der Waals surface area contributed by atoms with Crippen molar-refractivity contribution in [3.8, 4) is 0 Å². The van der Waals surface area contributed by atoms with E-state index < -0.39 is 0 Å². The molecule has 2 N–H and O–H groups in total. The Hall–Kier alpha value is 0.250. The van der Waals surface area contributed by atoms with Gasteiger partial charge in [0.25, 0.3) is 0 Å². The van der Waals surface area contributed by atoms with Crippen molar-refractivity contribution in [2.24, 2.45) is 11.7 Å². The van der Waals surface area contributed by atoms with E-state index in [2.05, 4.69) is 27.7 Å². The molecule has 0 heterocycles. The average Bonchev–Trinajstić information content (AvgIpc) is 2.68. The van der Waals surface area contributed by atoms with Crippen LogP contribution < -0.4 is 5.73 Å². The number of hydrogen-bond acceptors (Lipinski definition) is 1. The van der Waals surface area contributed by atoms with Gasteiger partial charge in [-0.3, -0.25) is 0 Å². The second-order valence-corrected chi connectivity index (χ2v) is 9.25. The fraction of sp³-hybridized carbons (Fsp3) is 1.00. The zero-order valence-electron chi connectivity index (χ0n) is 20.2. The van der Waals surface area contributed by atoms with Gasteiger partial charge >= 0.3 is 0 Å². The molecule has 2 heteroatoms. The zero-order chi connectivity index (χ0) is 20.2. The van der Waals surface area contributed by atoms with Gasteiger partial charge in [-0.1, -0.05) is 130 Å². The van der Waals surface area contributed by atoms with Crippen molar-refractivity contribution in [2.45, 2.75) is 162 Å². The third kappa shape index (κ3) is 16.1. The lowest BCUT2D eigenvalue weighted by atomic mass is 9.72. The Balaban J connectivity index is 0. The van der Waals surface area contributed by atoms with Crippen molar-refractivity contribution in [1.82, 2.24) is 0 Å². The van der Waals surface area contributed by atoms with Crippen LogP contribution in [0.2, 0.25) is 0 Å². The van der Waals surface area contributed by atoms with Crippen LogP contribution in [0.15, 0.2) is 0 Å². The normalized spacial score (nSPS) is 12.8. The number of unbranched alkanes of at least 4 members (excludes halogenated alkanes) is 12. The highest BCUT2D eigenvalue weighted by Crippen LogP contribution is 2.34. The standard InChI is InChI=1S/C26H55N.ClH/c1-5-9-13-14-15-16-17-18-19-20-22-25(21-10-6-2)26(27,23-11-7-3)24-12-8-4;/h25H,5-24,27H2,1-4H3;1H. The molecule has 0 aromatic carbocycles. The second-order valence-electron chi connectivity index (χ2n) is 9.25. The highest BCUT2D eigenvalue weighted by atomic mass is 35.5. The Morgan fingerprint density at radius 3 is 1.29 bits per heavy atom. The molecule has 0 aliphatic heterocycles. The molecule has 0 rings (SSSR count). The lowest BCUT2D eigenvalue weighted by Crippen LogP contribution is -2.47. The minimum absolute atomic E-state index is 0. The summed E-state index contributed by atoms with van der Waals surface area (Å²) in [6, 6.07) is 0. The number of hydrogen-bond donors (Lipinski definition) is 1. The second kappa shape index (κ2) is 21.9. The van der Waals surface area contributed by atoms with Crippen LogP contribution in [0.5, 0.6) is 0 Å². The van der Waals surface area contributed by atoms with Gasteiger partial charge in [0.1, 0.15) is 0 Å². The minimum atomic E-state index is 0. The summed E-state index contributed by atoms with van der Waals surface area (Å²) in [4.78, 5) is 0. The first-order valence-electron chi connectivity index (χ1n) is 12.9. The van der Waals surface area contributed by atoms with E-state index in [1.165, 1.54) is 128 Å². The van der Waals surface area contributed by atoms with E-state index in [-0.39, 0.29) is 17.9 Å².